The summed E-state index contributed by atoms with van der Waals surface area (Å²) in [6, 6.07) is 12.7. The third-order valence-electron chi connectivity index (χ3n) is 5.97. The number of carbonyl (C=O) groups excluding carboxylic acids is 1. The SMILES string of the molecule is COC(=O)c1nc(Cl)ccc1N[C@H](C)c1cc(C)cc2c(=O)n(C)c(-c3ccc(S(C)(=O)=O)cc3)nc12. The smallest absolute Gasteiger partial charge is 0.358 e. The zero-order valence-corrected chi connectivity index (χ0v) is 22.4. The Morgan fingerprint density at radius 2 is 1.78 bits per heavy atom. The number of halogens is 1. The van der Waals surface area contributed by atoms with Gasteiger partial charge in [0.05, 0.1) is 34.6 Å². The maximum Gasteiger partial charge on any atom is 0.358 e. The van der Waals surface area contributed by atoms with Crippen molar-refractivity contribution in [1.29, 1.82) is 0 Å². The number of ether oxygens (including phenoxy) is 1. The Morgan fingerprint density at radius 3 is 2.41 bits per heavy atom. The normalized spacial score (nSPS) is 12.4. The molecule has 192 valence electrons. The van der Waals surface area contributed by atoms with Crippen LogP contribution in [0.5, 0.6) is 0 Å². The number of aromatic nitrogens is 3. The molecule has 0 spiro atoms. The van der Waals surface area contributed by atoms with Crippen LogP contribution in [-0.2, 0) is 21.6 Å². The van der Waals surface area contributed by atoms with Crippen molar-refractivity contribution in [3.8, 4) is 11.4 Å². The zero-order chi connectivity index (χ0) is 27.1. The third kappa shape index (κ3) is 5.21. The van der Waals surface area contributed by atoms with Crippen molar-refractivity contribution in [3.05, 3.63) is 80.9 Å². The van der Waals surface area contributed by atoms with E-state index in [9.17, 15) is 18.0 Å². The van der Waals surface area contributed by atoms with E-state index in [1.165, 1.54) is 23.8 Å². The molecule has 0 amide bonds. The van der Waals surface area contributed by atoms with Crippen molar-refractivity contribution < 1.29 is 17.9 Å². The van der Waals surface area contributed by atoms with Crippen molar-refractivity contribution in [2.45, 2.75) is 24.8 Å². The van der Waals surface area contributed by atoms with Crippen LogP contribution in [0.1, 0.15) is 34.6 Å². The van der Waals surface area contributed by atoms with Gasteiger partial charge in [-0.3, -0.25) is 9.36 Å². The van der Waals surface area contributed by atoms with Crippen LogP contribution in [0.15, 0.2) is 58.2 Å². The highest BCUT2D eigenvalue weighted by molar-refractivity contribution is 7.90. The van der Waals surface area contributed by atoms with Crippen molar-refractivity contribution in [3.63, 3.8) is 0 Å². The molecule has 0 bridgehead atoms. The second-order valence-electron chi connectivity index (χ2n) is 8.73. The summed E-state index contributed by atoms with van der Waals surface area (Å²) in [5.41, 5.74) is 2.88. The Hall–Kier alpha value is -3.76. The van der Waals surface area contributed by atoms with Crippen molar-refractivity contribution in [2.75, 3.05) is 18.7 Å². The van der Waals surface area contributed by atoms with Crippen LogP contribution < -0.4 is 10.9 Å². The maximum atomic E-state index is 13.4. The molecule has 1 N–H and O–H groups in total. The fourth-order valence-electron chi connectivity index (χ4n) is 4.11. The molecule has 2 heterocycles. The van der Waals surface area contributed by atoms with Gasteiger partial charge in [0.1, 0.15) is 11.0 Å². The van der Waals surface area contributed by atoms with Gasteiger partial charge in [0.2, 0.25) is 0 Å². The van der Waals surface area contributed by atoms with E-state index in [1.54, 1.807) is 37.4 Å². The lowest BCUT2D eigenvalue weighted by Gasteiger charge is -2.20. The molecule has 0 saturated carbocycles. The summed E-state index contributed by atoms with van der Waals surface area (Å²) in [6.07, 6.45) is 1.14. The minimum absolute atomic E-state index is 0.0364. The van der Waals surface area contributed by atoms with Crippen LogP contribution in [0.3, 0.4) is 0 Å². The molecular weight excluding hydrogens is 516 g/mol. The monoisotopic (exact) mass is 540 g/mol. The highest BCUT2D eigenvalue weighted by atomic mass is 35.5. The lowest BCUT2D eigenvalue weighted by molar-refractivity contribution is 0.0595. The molecule has 9 nitrogen and oxygen atoms in total. The third-order valence-corrected chi connectivity index (χ3v) is 7.31. The number of nitrogens with zero attached hydrogens (tertiary/aromatic N) is 3. The van der Waals surface area contributed by atoms with E-state index >= 15 is 0 Å². The summed E-state index contributed by atoms with van der Waals surface area (Å²) in [6.45, 7) is 3.76. The summed E-state index contributed by atoms with van der Waals surface area (Å²) in [4.78, 5) is 34.7. The number of esters is 1. The van der Waals surface area contributed by atoms with Crippen molar-refractivity contribution in [1.82, 2.24) is 14.5 Å². The van der Waals surface area contributed by atoms with E-state index in [1.807, 2.05) is 19.9 Å². The Labute approximate surface area is 219 Å². The number of benzene rings is 2. The zero-order valence-electron chi connectivity index (χ0n) is 20.9. The molecule has 0 aliphatic carbocycles. The second kappa shape index (κ2) is 9.95. The number of methoxy groups -OCH3 is 1. The Bertz CT molecular complexity index is 1700. The number of carbonyl (C=O) groups is 1. The van der Waals surface area contributed by atoms with E-state index in [4.69, 9.17) is 21.3 Å². The number of pyridine rings is 1. The molecular formula is C26H25ClN4O5S. The van der Waals surface area contributed by atoms with Crippen LogP contribution in [0.25, 0.3) is 22.3 Å². The van der Waals surface area contributed by atoms with Gasteiger partial charge in [-0.1, -0.05) is 17.7 Å². The van der Waals surface area contributed by atoms with Gasteiger partial charge in [-0.2, -0.15) is 0 Å². The highest BCUT2D eigenvalue weighted by Crippen LogP contribution is 2.30. The Kier molecular flexibility index (Phi) is 7.07. The summed E-state index contributed by atoms with van der Waals surface area (Å²) in [5, 5.41) is 3.85. The largest absolute Gasteiger partial charge is 0.464 e. The van der Waals surface area contributed by atoms with Crippen molar-refractivity contribution in [2.24, 2.45) is 7.05 Å². The molecule has 0 aliphatic rings. The Balaban J connectivity index is 1.86. The molecule has 0 fully saturated rings. The molecule has 1 atom stereocenters. The number of nitrogens with one attached hydrogen (secondary N) is 1. The quantitative estimate of drug-likeness (QED) is 0.283. The number of fused-ring (bicyclic) bond motifs is 1. The van der Waals surface area contributed by atoms with Crippen LogP contribution in [0, 0.1) is 6.92 Å². The first-order valence-corrected chi connectivity index (χ1v) is 13.5. The lowest BCUT2D eigenvalue weighted by atomic mass is 10.0. The first-order chi connectivity index (χ1) is 17.4. The molecule has 11 heteroatoms. The van der Waals surface area contributed by atoms with Gasteiger partial charge in [0.25, 0.3) is 5.56 Å². The number of aryl methyl sites for hydroxylation is 1. The van der Waals surface area contributed by atoms with Gasteiger partial charge in [0, 0.05) is 24.4 Å². The topological polar surface area (TPSA) is 120 Å². The first-order valence-electron chi connectivity index (χ1n) is 11.2. The number of sulfone groups is 1. The average Bonchev–Trinajstić information content (AvgIpc) is 2.86. The first kappa shape index (κ1) is 26.3. The van der Waals surface area contributed by atoms with Crippen molar-refractivity contribution >= 4 is 44.0 Å². The summed E-state index contributed by atoms with van der Waals surface area (Å²) >= 11 is 5.99. The molecule has 0 aliphatic heterocycles. The van der Waals surface area contributed by atoms with Crippen LogP contribution >= 0.6 is 11.6 Å². The van der Waals surface area contributed by atoms with Gasteiger partial charge >= 0.3 is 5.97 Å². The minimum Gasteiger partial charge on any atom is -0.464 e. The standard InChI is InChI=1S/C26H25ClN4O5S/c1-14-12-18(15(2)28-20-10-11-21(27)29-23(20)26(33)36-4)22-19(13-14)25(32)31(3)24(30-22)16-6-8-17(9-7-16)37(5,34)35/h6-13,15,28H,1-5H3/t15-/m1/s1. The maximum absolute atomic E-state index is 13.4. The van der Waals surface area contributed by atoms with Crippen LogP contribution in [-0.4, -0.2) is 42.3 Å². The summed E-state index contributed by atoms with van der Waals surface area (Å²) in [5.74, 6) is -0.253. The van der Waals surface area contributed by atoms with E-state index in [-0.39, 0.29) is 21.3 Å². The van der Waals surface area contributed by atoms with E-state index in [2.05, 4.69) is 10.3 Å². The van der Waals surface area contributed by atoms with Gasteiger partial charge < -0.3 is 10.1 Å². The average molecular weight is 541 g/mol. The molecule has 4 aromatic rings. The van der Waals surface area contributed by atoms with Gasteiger partial charge in [-0.05, 0) is 61.9 Å². The molecule has 0 saturated heterocycles. The van der Waals surface area contributed by atoms with Gasteiger partial charge in [-0.15, -0.1) is 0 Å². The molecule has 2 aromatic carbocycles. The number of hydrogen-bond acceptors (Lipinski definition) is 8. The number of hydrogen-bond donors (Lipinski definition) is 1. The fourth-order valence-corrected chi connectivity index (χ4v) is 4.88. The Morgan fingerprint density at radius 1 is 1.11 bits per heavy atom. The second-order valence-corrected chi connectivity index (χ2v) is 11.1. The molecule has 37 heavy (non-hydrogen) atoms. The van der Waals surface area contributed by atoms with Gasteiger partial charge in [-0.25, -0.2) is 23.2 Å². The molecule has 4 rings (SSSR count). The van der Waals surface area contributed by atoms with E-state index in [0.717, 1.165) is 17.4 Å². The minimum atomic E-state index is -3.37. The van der Waals surface area contributed by atoms with Gasteiger partial charge in [0.15, 0.2) is 15.5 Å². The van der Waals surface area contributed by atoms with Crippen LogP contribution in [0.2, 0.25) is 5.15 Å². The van der Waals surface area contributed by atoms with E-state index in [0.29, 0.717) is 28.0 Å². The number of rotatable bonds is 6. The summed E-state index contributed by atoms with van der Waals surface area (Å²) in [7, 11) is -0.480. The van der Waals surface area contributed by atoms with E-state index < -0.39 is 21.8 Å². The lowest BCUT2D eigenvalue weighted by Crippen LogP contribution is -2.22. The molecule has 0 unspecified atom stereocenters. The summed E-state index contributed by atoms with van der Waals surface area (Å²) < 4.78 is 30.0. The molecule has 2 aromatic heterocycles. The molecule has 0 radical (unpaired) electrons. The number of anilines is 1. The highest BCUT2D eigenvalue weighted by Gasteiger charge is 2.21. The van der Waals surface area contributed by atoms with Crippen LogP contribution in [0.4, 0.5) is 5.69 Å². The fraction of sp³-hybridized carbons (Fsp3) is 0.231. The predicted octanol–water partition coefficient (Wildman–Crippen LogP) is 4.32. The predicted molar refractivity (Wildman–Crippen MR) is 143 cm³/mol.